The smallest absolute Gasteiger partial charge is 0.169 e. The quantitative estimate of drug-likeness (QED) is 0.771. The van der Waals surface area contributed by atoms with Gasteiger partial charge in [0.2, 0.25) is 0 Å². The topological polar surface area (TPSA) is 36.9 Å². The maximum absolute atomic E-state index is 8.61. The number of nitrogens with zero attached hydrogens (tertiary/aromatic N) is 1. The van der Waals surface area contributed by atoms with E-state index in [1.54, 1.807) is 6.07 Å². The zero-order valence-electron chi connectivity index (χ0n) is 6.26. The Balaban J connectivity index is 2.58. The number of hydrogen-bond acceptors (Lipinski definition) is 2. The molecule has 0 fully saturated rings. The van der Waals surface area contributed by atoms with Gasteiger partial charge in [-0.15, -0.1) is 11.6 Å². The Kier molecular flexibility index (Phi) is 3.64. The molecule has 0 radical (unpaired) electrons. The van der Waals surface area contributed by atoms with E-state index in [2.05, 4.69) is 22.0 Å². The van der Waals surface area contributed by atoms with E-state index in [9.17, 15) is 0 Å². The first-order chi connectivity index (χ1) is 5.76. The molecule has 2 nitrogen and oxygen atoms in total. The SMILES string of the molecule is N#CC(CCl)Cc1ccc(Br)o1. The molecule has 0 aliphatic carbocycles. The van der Waals surface area contributed by atoms with Crippen molar-refractivity contribution in [3.63, 3.8) is 0 Å². The average Bonchev–Trinajstić information content (AvgIpc) is 2.47. The second-order valence-corrected chi connectivity index (χ2v) is 3.48. The highest BCUT2D eigenvalue weighted by atomic mass is 79.9. The molecular formula is C8H7BrClNO. The minimum absolute atomic E-state index is 0.162. The van der Waals surface area contributed by atoms with Crippen molar-refractivity contribution in [2.24, 2.45) is 5.92 Å². The van der Waals surface area contributed by atoms with E-state index in [0.717, 1.165) is 5.76 Å². The van der Waals surface area contributed by atoms with Crippen molar-refractivity contribution < 1.29 is 4.42 Å². The van der Waals surface area contributed by atoms with E-state index < -0.39 is 0 Å². The Morgan fingerprint density at radius 2 is 2.42 bits per heavy atom. The van der Waals surface area contributed by atoms with Gasteiger partial charge in [-0.05, 0) is 28.1 Å². The molecule has 1 unspecified atom stereocenters. The van der Waals surface area contributed by atoms with Crippen LogP contribution in [0.2, 0.25) is 0 Å². The monoisotopic (exact) mass is 247 g/mol. The first kappa shape index (κ1) is 9.63. The highest BCUT2D eigenvalue weighted by Crippen LogP contribution is 2.17. The summed E-state index contributed by atoms with van der Waals surface area (Å²) in [5.41, 5.74) is 0. The molecule has 0 aliphatic heterocycles. The van der Waals surface area contributed by atoms with E-state index in [1.807, 2.05) is 6.07 Å². The van der Waals surface area contributed by atoms with Crippen LogP contribution in [0.25, 0.3) is 0 Å². The second-order valence-electron chi connectivity index (χ2n) is 2.39. The van der Waals surface area contributed by atoms with Crippen LogP contribution in [0.5, 0.6) is 0 Å². The lowest BCUT2D eigenvalue weighted by atomic mass is 10.1. The highest BCUT2D eigenvalue weighted by Gasteiger charge is 2.09. The van der Waals surface area contributed by atoms with Crippen LogP contribution >= 0.6 is 27.5 Å². The molecule has 0 saturated carbocycles. The van der Waals surface area contributed by atoms with E-state index in [4.69, 9.17) is 21.3 Å². The van der Waals surface area contributed by atoms with Gasteiger partial charge in [0.15, 0.2) is 4.67 Å². The summed E-state index contributed by atoms with van der Waals surface area (Å²) in [6.45, 7) is 0. The molecule has 0 aromatic carbocycles. The molecule has 1 atom stereocenters. The Hall–Kier alpha value is -0.460. The fraction of sp³-hybridized carbons (Fsp3) is 0.375. The number of alkyl halides is 1. The van der Waals surface area contributed by atoms with Crippen molar-refractivity contribution in [3.8, 4) is 6.07 Å². The van der Waals surface area contributed by atoms with E-state index in [1.165, 1.54) is 0 Å². The van der Waals surface area contributed by atoms with Crippen molar-refractivity contribution >= 4 is 27.5 Å². The lowest BCUT2D eigenvalue weighted by molar-refractivity contribution is 0.471. The molecule has 64 valence electrons. The van der Waals surface area contributed by atoms with Crippen LogP contribution in [0.15, 0.2) is 21.2 Å². The molecule has 0 saturated heterocycles. The lowest BCUT2D eigenvalue weighted by Gasteiger charge is -1.99. The van der Waals surface area contributed by atoms with Gasteiger partial charge in [0, 0.05) is 12.3 Å². The summed E-state index contributed by atoms with van der Waals surface area (Å²) in [5, 5.41) is 8.61. The van der Waals surface area contributed by atoms with Gasteiger partial charge in [-0.3, -0.25) is 0 Å². The van der Waals surface area contributed by atoms with Gasteiger partial charge >= 0.3 is 0 Å². The summed E-state index contributed by atoms with van der Waals surface area (Å²) in [7, 11) is 0. The summed E-state index contributed by atoms with van der Waals surface area (Å²) in [6, 6.07) is 5.74. The molecule has 4 heteroatoms. The zero-order chi connectivity index (χ0) is 8.97. The van der Waals surface area contributed by atoms with Crippen molar-refractivity contribution in [2.45, 2.75) is 6.42 Å². The summed E-state index contributed by atoms with van der Waals surface area (Å²) < 4.78 is 5.91. The van der Waals surface area contributed by atoms with E-state index in [0.29, 0.717) is 17.0 Å². The highest BCUT2D eigenvalue weighted by molar-refractivity contribution is 9.10. The Morgan fingerprint density at radius 3 is 2.83 bits per heavy atom. The fourth-order valence-electron chi connectivity index (χ4n) is 0.839. The second kappa shape index (κ2) is 4.54. The Labute approximate surface area is 84.2 Å². The lowest BCUT2D eigenvalue weighted by Crippen LogP contribution is -2.01. The van der Waals surface area contributed by atoms with Gasteiger partial charge in [-0.2, -0.15) is 5.26 Å². The molecule has 12 heavy (non-hydrogen) atoms. The molecule has 1 aromatic heterocycles. The molecule has 1 heterocycles. The summed E-state index contributed by atoms with van der Waals surface area (Å²) in [5.74, 6) is 0.966. The predicted octanol–water partition coefficient (Wildman–Crippen LogP) is 2.96. The first-order valence-corrected chi connectivity index (χ1v) is 4.79. The largest absolute Gasteiger partial charge is 0.454 e. The Morgan fingerprint density at radius 1 is 1.67 bits per heavy atom. The third-order valence-corrected chi connectivity index (χ3v) is 2.24. The van der Waals surface area contributed by atoms with E-state index in [-0.39, 0.29) is 5.92 Å². The molecule has 0 spiro atoms. The summed E-state index contributed by atoms with van der Waals surface area (Å²) in [4.78, 5) is 0. The van der Waals surface area contributed by atoms with Crippen molar-refractivity contribution in [2.75, 3.05) is 5.88 Å². The number of furan rings is 1. The average molecular weight is 249 g/mol. The van der Waals surface area contributed by atoms with Crippen LogP contribution in [0.3, 0.4) is 0 Å². The third kappa shape index (κ3) is 2.54. The Bertz CT molecular complexity index is 291. The standard InChI is InChI=1S/C8H7BrClNO/c9-8-2-1-7(12-8)3-6(4-10)5-11/h1-2,6H,3-4H2. The van der Waals surface area contributed by atoms with Crippen LogP contribution in [0, 0.1) is 17.2 Å². The summed E-state index contributed by atoms with van der Waals surface area (Å²) in [6.07, 6.45) is 0.575. The fourth-order valence-corrected chi connectivity index (χ4v) is 1.36. The van der Waals surface area contributed by atoms with Gasteiger partial charge in [0.25, 0.3) is 0 Å². The molecule has 0 N–H and O–H groups in total. The van der Waals surface area contributed by atoms with Crippen molar-refractivity contribution in [1.82, 2.24) is 0 Å². The molecule has 0 amide bonds. The van der Waals surface area contributed by atoms with Crippen molar-refractivity contribution in [1.29, 1.82) is 5.26 Å². The van der Waals surface area contributed by atoms with Gasteiger partial charge in [0.05, 0.1) is 12.0 Å². The number of rotatable bonds is 3. The zero-order valence-corrected chi connectivity index (χ0v) is 8.60. The molecular weight excluding hydrogens is 241 g/mol. The minimum atomic E-state index is -0.162. The van der Waals surface area contributed by atoms with Crippen LogP contribution in [-0.2, 0) is 6.42 Å². The summed E-state index contributed by atoms with van der Waals surface area (Å²) >= 11 is 8.73. The number of hydrogen-bond donors (Lipinski definition) is 0. The maximum Gasteiger partial charge on any atom is 0.169 e. The normalized spacial score (nSPS) is 12.4. The predicted molar refractivity (Wildman–Crippen MR) is 49.9 cm³/mol. The number of nitriles is 1. The van der Waals surface area contributed by atoms with Crippen molar-refractivity contribution in [3.05, 3.63) is 22.6 Å². The van der Waals surface area contributed by atoms with Crippen LogP contribution in [0.1, 0.15) is 5.76 Å². The third-order valence-electron chi connectivity index (χ3n) is 1.45. The van der Waals surface area contributed by atoms with Gasteiger partial charge < -0.3 is 4.42 Å². The molecule has 1 rings (SSSR count). The molecule has 0 aliphatic rings. The van der Waals surface area contributed by atoms with Crippen LogP contribution in [0.4, 0.5) is 0 Å². The van der Waals surface area contributed by atoms with Gasteiger partial charge in [0.1, 0.15) is 5.76 Å². The van der Waals surface area contributed by atoms with Crippen LogP contribution in [-0.4, -0.2) is 5.88 Å². The minimum Gasteiger partial charge on any atom is -0.454 e. The first-order valence-electron chi connectivity index (χ1n) is 3.46. The number of halogens is 2. The molecule has 0 bridgehead atoms. The van der Waals surface area contributed by atoms with Crippen LogP contribution < -0.4 is 0 Å². The van der Waals surface area contributed by atoms with Gasteiger partial charge in [-0.1, -0.05) is 0 Å². The van der Waals surface area contributed by atoms with E-state index >= 15 is 0 Å². The maximum atomic E-state index is 8.61. The van der Waals surface area contributed by atoms with Gasteiger partial charge in [-0.25, -0.2) is 0 Å². The molecule has 1 aromatic rings.